The molecule has 1 unspecified atom stereocenters. The summed E-state index contributed by atoms with van der Waals surface area (Å²) in [6.07, 6.45) is 2.82. The molecule has 1 saturated heterocycles. The van der Waals surface area contributed by atoms with Crippen LogP contribution in [-0.4, -0.2) is 61.3 Å². The highest BCUT2D eigenvalue weighted by atomic mass is 35.5. The predicted octanol–water partition coefficient (Wildman–Crippen LogP) is 4.35. The summed E-state index contributed by atoms with van der Waals surface area (Å²) in [6.45, 7) is 5.35. The Kier molecular flexibility index (Phi) is 6.83. The Morgan fingerprint density at radius 3 is 2.35 bits per heavy atom. The van der Waals surface area contributed by atoms with Gasteiger partial charge in [0.1, 0.15) is 10.7 Å². The van der Waals surface area contributed by atoms with Crippen molar-refractivity contribution in [2.24, 2.45) is 7.05 Å². The third kappa shape index (κ3) is 4.75. The van der Waals surface area contributed by atoms with Gasteiger partial charge in [0.05, 0.1) is 27.1 Å². The van der Waals surface area contributed by atoms with Crippen molar-refractivity contribution in [3.05, 3.63) is 51.9 Å². The molecule has 3 heterocycles. The molecule has 11 heteroatoms. The summed E-state index contributed by atoms with van der Waals surface area (Å²) in [6, 6.07) is 7.57. The van der Waals surface area contributed by atoms with Crippen LogP contribution in [0.4, 0.5) is 11.5 Å². The van der Waals surface area contributed by atoms with E-state index in [2.05, 4.69) is 38.7 Å². The maximum absolute atomic E-state index is 13.2. The summed E-state index contributed by atoms with van der Waals surface area (Å²) in [7, 11) is 1.89. The third-order valence-corrected chi connectivity index (χ3v) is 8.58. The van der Waals surface area contributed by atoms with E-state index in [-0.39, 0.29) is 14.9 Å². The lowest BCUT2D eigenvalue weighted by molar-refractivity contribution is 0.315. The fraction of sp³-hybridized carbons (Fsp3) is 0.391. The Morgan fingerprint density at radius 2 is 1.79 bits per heavy atom. The minimum absolute atomic E-state index is 0.0430. The molecule has 1 aliphatic rings. The van der Waals surface area contributed by atoms with Gasteiger partial charge in [-0.2, -0.15) is 5.10 Å². The van der Waals surface area contributed by atoms with Crippen LogP contribution in [0.1, 0.15) is 17.8 Å². The summed E-state index contributed by atoms with van der Waals surface area (Å²) in [4.78, 5) is 8.85. The van der Waals surface area contributed by atoms with Gasteiger partial charge in [0.25, 0.3) is 10.0 Å². The molecular weight excluding hydrogens is 495 g/mol. The van der Waals surface area contributed by atoms with E-state index in [1.165, 1.54) is 0 Å². The number of rotatable bonds is 6. The van der Waals surface area contributed by atoms with Crippen LogP contribution in [0.5, 0.6) is 0 Å². The lowest BCUT2D eigenvalue weighted by atomic mass is 10.1. The quantitative estimate of drug-likeness (QED) is 0.518. The minimum atomic E-state index is -4.03. The number of hydrogen-bond donors (Lipinski definition) is 1. The molecule has 34 heavy (non-hydrogen) atoms. The van der Waals surface area contributed by atoms with Gasteiger partial charge in [0.15, 0.2) is 0 Å². The van der Waals surface area contributed by atoms with E-state index in [1.807, 2.05) is 12.1 Å². The highest BCUT2D eigenvalue weighted by molar-refractivity contribution is 7.93. The second-order valence-electron chi connectivity index (χ2n) is 8.80. The van der Waals surface area contributed by atoms with Crippen LogP contribution in [-0.2, 0) is 17.1 Å². The van der Waals surface area contributed by atoms with E-state index >= 15 is 0 Å². The standard InChI is InChI=1S/C23H28Cl2N6O2S/c1-14-22(15(2)30(5)27-14)28-34(32,33)23-19(24)10-17(11-20(23)25)16-6-8-26-21(12-16)31-9-7-18(13-31)29(3)4/h6,8,10-12,18,28H,7,9,13H2,1-5H3. The molecule has 8 nitrogen and oxygen atoms in total. The number of sulfonamides is 1. The molecule has 182 valence electrons. The lowest BCUT2D eigenvalue weighted by Gasteiger charge is -2.21. The van der Waals surface area contributed by atoms with Crippen LogP contribution in [0.25, 0.3) is 11.1 Å². The highest BCUT2D eigenvalue weighted by Gasteiger charge is 2.27. The van der Waals surface area contributed by atoms with Crippen molar-refractivity contribution in [3.8, 4) is 11.1 Å². The Bertz CT molecular complexity index is 1320. The zero-order valence-corrected chi connectivity index (χ0v) is 22.1. The van der Waals surface area contributed by atoms with Crippen molar-refractivity contribution < 1.29 is 8.42 Å². The van der Waals surface area contributed by atoms with Crippen molar-refractivity contribution in [2.75, 3.05) is 36.8 Å². The maximum Gasteiger partial charge on any atom is 0.264 e. The van der Waals surface area contributed by atoms with E-state index in [0.717, 1.165) is 36.5 Å². The van der Waals surface area contributed by atoms with Crippen LogP contribution >= 0.6 is 23.2 Å². The van der Waals surface area contributed by atoms with E-state index in [4.69, 9.17) is 23.2 Å². The molecular formula is C23H28Cl2N6O2S. The Balaban J connectivity index is 1.65. The molecule has 0 amide bonds. The number of anilines is 2. The molecule has 0 bridgehead atoms. The largest absolute Gasteiger partial charge is 0.355 e. The number of nitrogens with one attached hydrogen (secondary N) is 1. The van der Waals surface area contributed by atoms with E-state index in [0.29, 0.717) is 23.1 Å². The van der Waals surface area contributed by atoms with Gasteiger partial charge in [-0.25, -0.2) is 13.4 Å². The number of benzene rings is 1. The normalized spacial score (nSPS) is 16.5. The molecule has 1 aliphatic heterocycles. The number of nitrogens with zero attached hydrogens (tertiary/aromatic N) is 5. The van der Waals surface area contributed by atoms with Crippen molar-refractivity contribution >= 4 is 44.7 Å². The number of likely N-dealkylation sites (N-methyl/N-ethyl adjacent to an activating group) is 1. The number of hydrogen-bond acceptors (Lipinski definition) is 6. The SMILES string of the molecule is Cc1nn(C)c(C)c1NS(=O)(=O)c1c(Cl)cc(-c2ccnc(N3CCC(N(C)C)C3)c2)cc1Cl. The van der Waals surface area contributed by atoms with Crippen molar-refractivity contribution in [1.82, 2.24) is 19.7 Å². The van der Waals surface area contributed by atoms with Crippen molar-refractivity contribution in [1.29, 1.82) is 0 Å². The number of aryl methyl sites for hydroxylation is 2. The maximum atomic E-state index is 13.2. The molecule has 0 spiro atoms. The van der Waals surface area contributed by atoms with Gasteiger partial charge in [-0.05, 0) is 69.8 Å². The van der Waals surface area contributed by atoms with Crippen molar-refractivity contribution in [2.45, 2.75) is 31.2 Å². The van der Waals surface area contributed by atoms with Crippen LogP contribution in [0, 0.1) is 13.8 Å². The number of halogens is 2. The molecule has 1 atom stereocenters. The third-order valence-electron chi connectivity index (χ3n) is 6.31. The van der Waals surface area contributed by atoms with Crippen LogP contribution in [0.2, 0.25) is 10.0 Å². The first-order chi connectivity index (χ1) is 16.0. The Morgan fingerprint density at radius 1 is 1.12 bits per heavy atom. The zero-order chi connectivity index (χ0) is 24.8. The summed E-state index contributed by atoms with van der Waals surface area (Å²) >= 11 is 13.0. The topological polar surface area (TPSA) is 83.4 Å². The molecule has 1 N–H and O–H groups in total. The van der Waals surface area contributed by atoms with Gasteiger partial charge in [0.2, 0.25) is 0 Å². The summed E-state index contributed by atoms with van der Waals surface area (Å²) in [5.74, 6) is 0.870. The average molecular weight is 523 g/mol. The Hall–Kier alpha value is -2.33. The van der Waals surface area contributed by atoms with Gasteiger partial charge >= 0.3 is 0 Å². The molecule has 1 aromatic carbocycles. The van der Waals surface area contributed by atoms with E-state index in [9.17, 15) is 8.42 Å². The molecule has 1 fully saturated rings. The summed E-state index contributed by atoms with van der Waals surface area (Å²) < 4.78 is 30.6. The smallest absolute Gasteiger partial charge is 0.264 e. The first-order valence-corrected chi connectivity index (χ1v) is 13.1. The fourth-order valence-electron chi connectivity index (χ4n) is 4.23. The van der Waals surface area contributed by atoms with E-state index in [1.54, 1.807) is 43.9 Å². The van der Waals surface area contributed by atoms with Crippen LogP contribution in [0.3, 0.4) is 0 Å². The predicted molar refractivity (Wildman–Crippen MR) is 137 cm³/mol. The van der Waals surface area contributed by atoms with Crippen molar-refractivity contribution in [3.63, 3.8) is 0 Å². The van der Waals surface area contributed by atoms with E-state index < -0.39 is 10.0 Å². The summed E-state index contributed by atoms with van der Waals surface area (Å²) in [5.41, 5.74) is 3.25. The van der Waals surface area contributed by atoms with Gasteiger partial charge in [-0.3, -0.25) is 9.40 Å². The molecule has 0 aliphatic carbocycles. The zero-order valence-electron chi connectivity index (χ0n) is 19.8. The minimum Gasteiger partial charge on any atom is -0.355 e. The highest BCUT2D eigenvalue weighted by Crippen LogP contribution is 2.37. The van der Waals surface area contributed by atoms with Gasteiger partial charge in [0, 0.05) is 32.4 Å². The molecule has 2 aromatic heterocycles. The van der Waals surface area contributed by atoms with Crippen LogP contribution in [0.15, 0.2) is 35.4 Å². The van der Waals surface area contributed by atoms with Crippen LogP contribution < -0.4 is 9.62 Å². The second-order valence-corrected chi connectivity index (χ2v) is 11.2. The summed E-state index contributed by atoms with van der Waals surface area (Å²) in [5, 5.41) is 4.34. The monoisotopic (exact) mass is 522 g/mol. The first kappa shape index (κ1) is 24.8. The molecule has 0 saturated carbocycles. The average Bonchev–Trinajstić information content (AvgIpc) is 3.35. The van der Waals surface area contributed by atoms with Gasteiger partial charge in [-0.15, -0.1) is 0 Å². The molecule has 4 rings (SSSR count). The fourth-order valence-corrected chi connectivity index (χ4v) is 6.63. The first-order valence-electron chi connectivity index (χ1n) is 10.9. The number of pyridine rings is 1. The van der Waals surface area contributed by atoms with Gasteiger partial charge in [-0.1, -0.05) is 23.2 Å². The molecule has 0 radical (unpaired) electrons. The number of aromatic nitrogens is 3. The lowest BCUT2D eigenvalue weighted by Crippen LogP contribution is -2.31. The van der Waals surface area contributed by atoms with Gasteiger partial charge < -0.3 is 9.80 Å². The Labute approximate surface area is 210 Å². The molecule has 3 aromatic rings. The second kappa shape index (κ2) is 9.37.